The molecule has 0 fully saturated rings. The standard InChI is InChI=1S/C7H8ClNO2S.2Na.2H/c1-6-2-4-7(5-3-6)12(10,11)9-8;;;;/h2-5,9H,1H3;;;;. The molecule has 0 aliphatic rings. The van der Waals surface area contributed by atoms with Gasteiger partial charge < -0.3 is 0 Å². The number of benzene rings is 1. The molecule has 0 aliphatic carbocycles. The number of nitrogens with one attached hydrogen (secondary N) is 1. The fourth-order valence-corrected chi connectivity index (χ4v) is 1.61. The molecule has 1 rings (SSSR count). The maximum atomic E-state index is 11.1. The summed E-state index contributed by atoms with van der Waals surface area (Å²) in [5.74, 6) is 0. The molecule has 7 heteroatoms. The van der Waals surface area contributed by atoms with Crippen LogP contribution in [0.25, 0.3) is 0 Å². The molecule has 0 saturated carbocycles. The van der Waals surface area contributed by atoms with Gasteiger partial charge in [0.15, 0.2) is 0 Å². The van der Waals surface area contributed by atoms with Gasteiger partial charge in [0, 0.05) is 0 Å². The van der Waals surface area contributed by atoms with Gasteiger partial charge in [-0.15, -0.1) is 4.24 Å². The van der Waals surface area contributed by atoms with Crippen molar-refractivity contribution < 1.29 is 8.42 Å². The molecule has 1 N–H and O–H groups in total. The van der Waals surface area contributed by atoms with Gasteiger partial charge >= 0.3 is 59.1 Å². The molecule has 3 nitrogen and oxygen atoms in total. The number of sulfonamides is 1. The Morgan fingerprint density at radius 2 is 1.57 bits per heavy atom. The fourth-order valence-electron chi connectivity index (χ4n) is 0.762. The van der Waals surface area contributed by atoms with Gasteiger partial charge in [0.05, 0.1) is 4.90 Å². The zero-order valence-electron chi connectivity index (χ0n) is 6.41. The minimum absolute atomic E-state index is 0. The molecule has 0 amide bonds. The van der Waals surface area contributed by atoms with Gasteiger partial charge in [0.1, 0.15) is 0 Å². The van der Waals surface area contributed by atoms with E-state index in [4.69, 9.17) is 11.8 Å². The van der Waals surface area contributed by atoms with E-state index >= 15 is 0 Å². The van der Waals surface area contributed by atoms with Crippen LogP contribution >= 0.6 is 11.8 Å². The average Bonchev–Trinajstić information content (AvgIpc) is 2.05. The van der Waals surface area contributed by atoms with Crippen molar-refractivity contribution in [1.29, 1.82) is 0 Å². The summed E-state index contributed by atoms with van der Waals surface area (Å²) in [4.78, 5) is 0.170. The molecule has 0 aliphatic heterocycles. The van der Waals surface area contributed by atoms with E-state index in [1.165, 1.54) is 12.1 Å². The van der Waals surface area contributed by atoms with Crippen LogP contribution in [-0.4, -0.2) is 67.5 Å². The molecule has 0 atom stereocenters. The second-order valence-electron chi connectivity index (χ2n) is 2.39. The Morgan fingerprint density at radius 3 is 1.93 bits per heavy atom. The summed E-state index contributed by atoms with van der Waals surface area (Å²) in [5, 5.41) is 0. The molecule has 0 spiro atoms. The van der Waals surface area contributed by atoms with Crippen LogP contribution in [0, 0.1) is 6.92 Å². The van der Waals surface area contributed by atoms with Crippen molar-refractivity contribution in [3.05, 3.63) is 29.8 Å². The summed E-state index contributed by atoms with van der Waals surface area (Å²) in [6, 6.07) is 6.42. The summed E-state index contributed by atoms with van der Waals surface area (Å²) < 4.78 is 23.9. The fraction of sp³-hybridized carbons (Fsp3) is 0.143. The molecule has 1 aromatic rings. The number of hydrogen-bond acceptors (Lipinski definition) is 2. The second-order valence-corrected chi connectivity index (χ2v) is 4.49. The predicted molar refractivity (Wildman–Crippen MR) is 61.7 cm³/mol. The Bertz CT molecular complexity index is 366. The molecule has 0 bridgehead atoms. The number of hydrogen-bond donors (Lipinski definition) is 1. The molecular formula is C7H10ClNNa2O2S. The third-order valence-corrected chi connectivity index (χ3v) is 3.14. The Labute approximate surface area is 133 Å². The first-order chi connectivity index (χ1) is 5.56. The number of aryl methyl sites for hydroxylation is 1. The van der Waals surface area contributed by atoms with Crippen molar-refractivity contribution in [3.63, 3.8) is 0 Å². The van der Waals surface area contributed by atoms with Gasteiger partial charge in [-0.3, -0.25) is 0 Å². The van der Waals surface area contributed by atoms with Crippen LogP contribution in [0.15, 0.2) is 29.2 Å². The maximum absolute atomic E-state index is 11.1. The average molecular weight is 254 g/mol. The predicted octanol–water partition coefficient (Wildman–Crippen LogP) is 0.130. The molecular weight excluding hydrogens is 244 g/mol. The van der Waals surface area contributed by atoms with Crippen LogP contribution in [0.2, 0.25) is 0 Å². The second kappa shape index (κ2) is 7.65. The Morgan fingerprint density at radius 1 is 1.14 bits per heavy atom. The van der Waals surface area contributed by atoms with Gasteiger partial charge in [0.25, 0.3) is 10.0 Å². The first kappa shape index (κ1) is 17.8. The van der Waals surface area contributed by atoms with Crippen molar-refractivity contribution >= 4 is 80.9 Å². The van der Waals surface area contributed by atoms with E-state index in [-0.39, 0.29) is 64.0 Å². The number of rotatable bonds is 2. The van der Waals surface area contributed by atoms with Gasteiger partial charge in [-0.2, -0.15) is 0 Å². The first-order valence-electron chi connectivity index (χ1n) is 3.25. The van der Waals surface area contributed by atoms with E-state index in [1.807, 2.05) is 6.92 Å². The van der Waals surface area contributed by atoms with E-state index in [2.05, 4.69) is 0 Å². The van der Waals surface area contributed by atoms with E-state index in [1.54, 1.807) is 16.4 Å². The zero-order valence-corrected chi connectivity index (χ0v) is 7.98. The van der Waals surface area contributed by atoms with Crippen molar-refractivity contribution in [2.24, 2.45) is 0 Å². The molecule has 1 aromatic carbocycles. The van der Waals surface area contributed by atoms with Crippen molar-refractivity contribution in [2.75, 3.05) is 0 Å². The zero-order chi connectivity index (χ0) is 9.19. The summed E-state index contributed by atoms with van der Waals surface area (Å²) >= 11 is 5.03. The summed E-state index contributed by atoms with van der Waals surface area (Å²) in [7, 11) is -3.50. The molecule has 0 saturated heterocycles. The first-order valence-corrected chi connectivity index (χ1v) is 5.11. The Hall–Kier alpha value is 1.42. The third-order valence-electron chi connectivity index (χ3n) is 1.43. The van der Waals surface area contributed by atoms with E-state index in [0.29, 0.717) is 0 Å². The van der Waals surface area contributed by atoms with Gasteiger partial charge in [-0.25, -0.2) is 8.42 Å². The van der Waals surface area contributed by atoms with Crippen LogP contribution < -0.4 is 4.24 Å². The van der Waals surface area contributed by atoms with Gasteiger partial charge in [0.2, 0.25) is 0 Å². The summed E-state index contributed by atoms with van der Waals surface area (Å²) in [6.45, 7) is 1.88. The van der Waals surface area contributed by atoms with Crippen molar-refractivity contribution in [2.45, 2.75) is 11.8 Å². The quantitative estimate of drug-likeness (QED) is 0.602. The molecule has 0 heterocycles. The third kappa shape index (κ3) is 4.96. The van der Waals surface area contributed by atoms with Gasteiger partial charge in [-0.05, 0) is 30.8 Å². The molecule has 0 unspecified atom stereocenters. The number of halogens is 1. The molecule has 14 heavy (non-hydrogen) atoms. The monoisotopic (exact) mass is 253 g/mol. The van der Waals surface area contributed by atoms with E-state index in [0.717, 1.165) is 5.56 Å². The SMILES string of the molecule is Cc1ccc(S(=O)(=O)NCl)cc1.[NaH].[NaH]. The van der Waals surface area contributed by atoms with Crippen molar-refractivity contribution in [1.82, 2.24) is 4.24 Å². The molecule has 0 radical (unpaired) electrons. The normalized spacial score (nSPS) is 9.86. The molecule has 70 valence electrons. The van der Waals surface area contributed by atoms with Crippen LogP contribution in [0.3, 0.4) is 0 Å². The van der Waals surface area contributed by atoms with E-state index in [9.17, 15) is 8.42 Å². The van der Waals surface area contributed by atoms with Crippen LogP contribution in [0.5, 0.6) is 0 Å². The van der Waals surface area contributed by atoms with Crippen LogP contribution in [0.1, 0.15) is 5.56 Å². The topological polar surface area (TPSA) is 46.2 Å². The minimum atomic E-state index is -3.50. The van der Waals surface area contributed by atoms with E-state index < -0.39 is 10.0 Å². The van der Waals surface area contributed by atoms with Crippen LogP contribution in [-0.2, 0) is 10.0 Å². The van der Waals surface area contributed by atoms with Gasteiger partial charge in [-0.1, -0.05) is 17.7 Å². The Balaban J connectivity index is 0. The molecule has 0 aromatic heterocycles. The summed E-state index contributed by atoms with van der Waals surface area (Å²) in [6.07, 6.45) is 0. The van der Waals surface area contributed by atoms with Crippen LogP contribution in [0.4, 0.5) is 0 Å². The van der Waals surface area contributed by atoms with Crippen molar-refractivity contribution in [3.8, 4) is 0 Å². The summed E-state index contributed by atoms with van der Waals surface area (Å²) in [5.41, 5.74) is 1.00. The Kier molecular flexibility index (Phi) is 9.73.